The summed E-state index contributed by atoms with van der Waals surface area (Å²) in [5.41, 5.74) is 2.75. The van der Waals surface area contributed by atoms with Crippen LogP contribution in [0.3, 0.4) is 0 Å². The van der Waals surface area contributed by atoms with Crippen molar-refractivity contribution in [2.24, 2.45) is 5.92 Å². The van der Waals surface area contributed by atoms with E-state index in [9.17, 15) is 17.6 Å². The highest BCUT2D eigenvalue weighted by Crippen LogP contribution is 2.32. The number of sulfone groups is 1. The fourth-order valence-corrected chi connectivity index (χ4v) is 5.96. The second-order valence-corrected chi connectivity index (χ2v) is 10.6. The second kappa shape index (κ2) is 8.94. The molecule has 0 spiro atoms. The Balaban J connectivity index is 1.58. The number of pyridine rings is 1. The van der Waals surface area contributed by atoms with Gasteiger partial charge in [-0.3, -0.25) is 9.78 Å². The predicted octanol–water partition coefficient (Wildman–Crippen LogP) is 3.00. The molecule has 0 radical (unpaired) electrons. The van der Waals surface area contributed by atoms with Crippen molar-refractivity contribution in [2.45, 2.75) is 32.2 Å². The summed E-state index contributed by atoms with van der Waals surface area (Å²) in [4.78, 5) is 21.9. The third kappa shape index (κ3) is 4.89. The number of aromatic nitrogens is 1. The molecule has 2 fully saturated rings. The average molecular weight is 446 g/mol. The molecule has 6 nitrogen and oxygen atoms in total. The Bertz CT molecular complexity index is 1030. The summed E-state index contributed by atoms with van der Waals surface area (Å²) < 4.78 is 37.6. The van der Waals surface area contributed by atoms with Crippen molar-refractivity contribution in [1.82, 2.24) is 9.88 Å². The lowest BCUT2D eigenvalue weighted by molar-refractivity contribution is -0.138. The van der Waals surface area contributed by atoms with Crippen LogP contribution in [0.2, 0.25) is 0 Å². The second-order valence-electron chi connectivity index (χ2n) is 8.34. The van der Waals surface area contributed by atoms with E-state index in [4.69, 9.17) is 0 Å². The highest BCUT2D eigenvalue weighted by atomic mass is 32.2. The van der Waals surface area contributed by atoms with Crippen LogP contribution in [-0.4, -0.2) is 55.3 Å². The number of hydrogen-bond acceptors (Lipinski definition) is 5. The first-order valence-electron chi connectivity index (χ1n) is 10.8. The van der Waals surface area contributed by atoms with Crippen molar-refractivity contribution in [2.75, 3.05) is 36.0 Å². The van der Waals surface area contributed by atoms with Gasteiger partial charge in [-0.25, -0.2) is 12.8 Å². The normalized spacial score (nSPS) is 21.8. The van der Waals surface area contributed by atoms with Gasteiger partial charge in [-0.1, -0.05) is 19.1 Å². The number of nitrogens with zero attached hydrogens (tertiary/aromatic N) is 3. The van der Waals surface area contributed by atoms with Gasteiger partial charge in [0.2, 0.25) is 5.91 Å². The van der Waals surface area contributed by atoms with Crippen LogP contribution >= 0.6 is 0 Å². The zero-order valence-electron chi connectivity index (χ0n) is 17.7. The maximum Gasteiger partial charge on any atom is 0.226 e. The van der Waals surface area contributed by atoms with Crippen molar-refractivity contribution >= 4 is 21.4 Å². The highest BCUT2D eigenvalue weighted by molar-refractivity contribution is 7.91. The minimum absolute atomic E-state index is 0.0248. The summed E-state index contributed by atoms with van der Waals surface area (Å²) in [5, 5.41) is 0. The molecule has 166 valence electrons. The summed E-state index contributed by atoms with van der Waals surface area (Å²) >= 11 is 0. The molecule has 4 rings (SSSR count). The van der Waals surface area contributed by atoms with Gasteiger partial charge >= 0.3 is 0 Å². The molecule has 2 aliphatic rings. The minimum Gasteiger partial charge on any atom is -0.366 e. The molecule has 0 aliphatic carbocycles. The maximum atomic E-state index is 14.0. The Morgan fingerprint density at radius 2 is 1.94 bits per heavy atom. The molecular formula is C23H28FN3O3S. The van der Waals surface area contributed by atoms with Crippen LogP contribution in [0.25, 0.3) is 0 Å². The lowest BCUT2D eigenvalue weighted by Crippen LogP contribution is -2.53. The third-order valence-corrected chi connectivity index (χ3v) is 8.05. The van der Waals surface area contributed by atoms with E-state index < -0.39 is 9.84 Å². The fourth-order valence-electron chi connectivity index (χ4n) is 4.46. The molecule has 1 unspecified atom stereocenters. The molecule has 8 heteroatoms. The van der Waals surface area contributed by atoms with Gasteiger partial charge in [0.1, 0.15) is 15.7 Å². The van der Waals surface area contributed by atoms with Gasteiger partial charge in [0.05, 0.1) is 29.4 Å². The number of benzene rings is 1. The van der Waals surface area contributed by atoms with Crippen LogP contribution in [0.4, 0.5) is 10.1 Å². The van der Waals surface area contributed by atoms with Gasteiger partial charge in [0.25, 0.3) is 0 Å². The molecule has 0 N–H and O–H groups in total. The van der Waals surface area contributed by atoms with Crippen LogP contribution in [0.15, 0.2) is 42.6 Å². The molecule has 0 bridgehead atoms. The number of aryl methyl sites for hydroxylation is 1. The maximum absolute atomic E-state index is 14.0. The molecule has 2 aliphatic heterocycles. The van der Waals surface area contributed by atoms with Crippen molar-refractivity contribution in [3.8, 4) is 0 Å². The van der Waals surface area contributed by atoms with Gasteiger partial charge in [0, 0.05) is 31.2 Å². The zero-order chi connectivity index (χ0) is 22.0. The summed E-state index contributed by atoms with van der Waals surface area (Å²) in [6, 6.07) is 10.1. The number of piperazine rings is 1. The Labute approximate surface area is 183 Å². The Morgan fingerprint density at radius 3 is 2.58 bits per heavy atom. The molecule has 2 saturated heterocycles. The van der Waals surface area contributed by atoms with Crippen LogP contribution < -0.4 is 4.90 Å². The number of halogens is 1. The number of hydrogen-bond donors (Lipinski definition) is 0. The Morgan fingerprint density at radius 1 is 1.16 bits per heavy atom. The van der Waals surface area contributed by atoms with Gasteiger partial charge in [0.15, 0.2) is 0 Å². The molecule has 1 aromatic carbocycles. The van der Waals surface area contributed by atoms with Gasteiger partial charge in [-0.05, 0) is 49.1 Å². The first-order chi connectivity index (χ1) is 14.9. The van der Waals surface area contributed by atoms with E-state index in [2.05, 4.69) is 16.8 Å². The molecule has 0 saturated carbocycles. The molecular weight excluding hydrogens is 417 g/mol. The highest BCUT2D eigenvalue weighted by Gasteiger charge is 2.37. The van der Waals surface area contributed by atoms with Gasteiger partial charge in [-0.15, -0.1) is 0 Å². The molecule has 1 atom stereocenters. The summed E-state index contributed by atoms with van der Waals surface area (Å²) in [6.07, 6.45) is 3.44. The summed E-state index contributed by atoms with van der Waals surface area (Å²) in [7, 11) is -3.04. The van der Waals surface area contributed by atoms with E-state index in [0.29, 0.717) is 32.5 Å². The minimum atomic E-state index is -3.04. The fraction of sp³-hybridized carbons (Fsp3) is 0.478. The smallest absolute Gasteiger partial charge is 0.226 e. The monoisotopic (exact) mass is 445 g/mol. The zero-order valence-corrected chi connectivity index (χ0v) is 18.5. The molecule has 3 heterocycles. The largest absolute Gasteiger partial charge is 0.366 e. The number of carbonyl (C=O) groups is 1. The number of amides is 1. The van der Waals surface area contributed by atoms with Crippen molar-refractivity contribution in [1.29, 1.82) is 0 Å². The van der Waals surface area contributed by atoms with Crippen LogP contribution in [0, 0.1) is 11.7 Å². The number of rotatable bonds is 4. The van der Waals surface area contributed by atoms with E-state index in [-0.39, 0.29) is 35.2 Å². The SMILES string of the molecule is CCc1ccc(N2CCN(C(=O)C3CCS(=O)(=O)CC3)C(c3cccc(F)c3)C2)cn1. The molecule has 31 heavy (non-hydrogen) atoms. The van der Waals surface area contributed by atoms with Crippen LogP contribution in [-0.2, 0) is 21.1 Å². The first-order valence-corrected chi connectivity index (χ1v) is 12.6. The summed E-state index contributed by atoms with van der Waals surface area (Å²) in [5.74, 6) is -0.535. The average Bonchev–Trinajstić information content (AvgIpc) is 2.78. The topological polar surface area (TPSA) is 70.6 Å². The Hall–Kier alpha value is -2.48. The van der Waals surface area contributed by atoms with E-state index in [1.165, 1.54) is 12.1 Å². The lowest BCUT2D eigenvalue weighted by atomic mass is 9.96. The predicted molar refractivity (Wildman–Crippen MR) is 118 cm³/mol. The third-order valence-electron chi connectivity index (χ3n) is 6.34. The molecule has 1 aromatic heterocycles. The van der Waals surface area contributed by atoms with Gasteiger partial charge < -0.3 is 9.80 Å². The van der Waals surface area contributed by atoms with Gasteiger partial charge in [-0.2, -0.15) is 0 Å². The van der Waals surface area contributed by atoms with E-state index >= 15 is 0 Å². The summed E-state index contributed by atoms with van der Waals surface area (Å²) in [6.45, 7) is 3.74. The van der Waals surface area contributed by atoms with E-state index in [1.54, 1.807) is 6.07 Å². The lowest BCUT2D eigenvalue weighted by Gasteiger charge is -2.44. The Kier molecular flexibility index (Phi) is 6.27. The van der Waals surface area contributed by atoms with Crippen molar-refractivity contribution < 1.29 is 17.6 Å². The number of carbonyl (C=O) groups excluding carboxylic acids is 1. The molecule has 2 aromatic rings. The van der Waals surface area contributed by atoms with Crippen molar-refractivity contribution in [3.63, 3.8) is 0 Å². The van der Waals surface area contributed by atoms with Crippen molar-refractivity contribution in [3.05, 3.63) is 59.7 Å². The quantitative estimate of drug-likeness (QED) is 0.724. The standard InChI is InChI=1S/C23H28FN3O3S/c1-2-20-6-7-21(15-25-20)26-10-11-27(22(16-26)18-4-3-5-19(24)14-18)23(28)17-8-12-31(29,30)13-9-17/h3-7,14-15,17,22H,2,8-13,16H2,1H3. The van der Waals surface area contributed by atoms with E-state index in [1.807, 2.05) is 29.3 Å². The molecule has 1 amide bonds. The first kappa shape index (κ1) is 21.7. The van der Waals surface area contributed by atoms with E-state index in [0.717, 1.165) is 23.4 Å². The van der Waals surface area contributed by atoms with Crippen LogP contribution in [0.5, 0.6) is 0 Å². The number of anilines is 1. The van der Waals surface area contributed by atoms with Crippen LogP contribution in [0.1, 0.15) is 37.1 Å².